The Labute approximate surface area is 74.2 Å². The molecule has 64 valence electrons. The molecule has 1 aliphatic rings. The lowest BCUT2D eigenvalue weighted by atomic mass is 10.1. The molecule has 12 heavy (non-hydrogen) atoms. The van der Waals surface area contributed by atoms with Crippen LogP contribution in [0.2, 0.25) is 0 Å². The molecule has 0 fully saturated rings. The van der Waals surface area contributed by atoms with E-state index in [9.17, 15) is 4.21 Å². The predicted molar refractivity (Wildman–Crippen MR) is 47.8 cm³/mol. The lowest BCUT2D eigenvalue weighted by molar-refractivity contribution is 0.328. The van der Waals surface area contributed by atoms with Gasteiger partial charge in [-0.05, 0) is 18.1 Å². The molecular weight excluding hydrogens is 172 g/mol. The average Bonchev–Trinajstić information content (AvgIpc) is 2.03. The molecule has 1 unspecified atom stereocenters. The van der Waals surface area contributed by atoms with Crippen molar-refractivity contribution < 1.29 is 8.39 Å². The summed E-state index contributed by atoms with van der Waals surface area (Å²) >= 11 is -1.11. The van der Waals surface area contributed by atoms with Crippen molar-refractivity contribution in [3.63, 3.8) is 0 Å². The first-order chi connectivity index (χ1) is 5.75. The van der Waals surface area contributed by atoms with E-state index in [0.29, 0.717) is 12.4 Å². The van der Waals surface area contributed by atoms with Gasteiger partial charge in [-0.1, -0.05) is 23.8 Å². The van der Waals surface area contributed by atoms with Crippen LogP contribution in [-0.2, 0) is 27.6 Å². The van der Waals surface area contributed by atoms with E-state index >= 15 is 0 Å². The Bertz CT molecular complexity index is 333. The third-order valence-corrected chi connectivity index (χ3v) is 2.91. The SMILES string of the molecule is Cc1ccc2c(c1)CS(=O)OC2. The van der Waals surface area contributed by atoms with Crippen molar-refractivity contribution in [2.45, 2.75) is 19.3 Å². The Morgan fingerprint density at radius 1 is 1.42 bits per heavy atom. The summed E-state index contributed by atoms with van der Waals surface area (Å²) in [5, 5.41) is 0. The summed E-state index contributed by atoms with van der Waals surface area (Å²) in [7, 11) is 0. The molecule has 0 radical (unpaired) electrons. The second-order valence-electron chi connectivity index (χ2n) is 2.98. The zero-order chi connectivity index (χ0) is 8.55. The molecule has 0 saturated carbocycles. The molecule has 0 N–H and O–H groups in total. The molecule has 1 atom stereocenters. The Morgan fingerprint density at radius 2 is 2.25 bits per heavy atom. The molecule has 0 saturated heterocycles. The van der Waals surface area contributed by atoms with Crippen LogP contribution in [-0.4, -0.2) is 4.21 Å². The zero-order valence-corrected chi connectivity index (χ0v) is 7.69. The summed E-state index contributed by atoms with van der Waals surface area (Å²) in [6.45, 7) is 2.53. The smallest absolute Gasteiger partial charge is 0.160 e. The van der Waals surface area contributed by atoms with Crippen LogP contribution in [0.4, 0.5) is 0 Å². The van der Waals surface area contributed by atoms with E-state index in [0.717, 1.165) is 0 Å². The van der Waals surface area contributed by atoms with Gasteiger partial charge in [-0.15, -0.1) is 0 Å². The second kappa shape index (κ2) is 2.99. The highest BCUT2D eigenvalue weighted by molar-refractivity contribution is 7.79. The van der Waals surface area contributed by atoms with E-state index in [1.807, 2.05) is 13.0 Å². The van der Waals surface area contributed by atoms with Gasteiger partial charge in [-0.25, -0.2) is 4.21 Å². The highest BCUT2D eigenvalue weighted by Gasteiger charge is 2.14. The van der Waals surface area contributed by atoms with Crippen molar-refractivity contribution in [2.24, 2.45) is 0 Å². The Kier molecular flexibility index (Phi) is 1.98. The van der Waals surface area contributed by atoms with Crippen LogP contribution < -0.4 is 0 Å². The monoisotopic (exact) mass is 182 g/mol. The first-order valence-electron chi connectivity index (χ1n) is 3.86. The van der Waals surface area contributed by atoms with Crippen LogP contribution in [0.5, 0.6) is 0 Å². The van der Waals surface area contributed by atoms with Crippen molar-refractivity contribution in [1.82, 2.24) is 0 Å². The maximum Gasteiger partial charge on any atom is 0.160 e. The molecule has 0 bridgehead atoms. The summed E-state index contributed by atoms with van der Waals surface area (Å²) in [6, 6.07) is 6.17. The molecule has 3 heteroatoms. The molecule has 2 rings (SSSR count). The maximum atomic E-state index is 11.0. The van der Waals surface area contributed by atoms with E-state index < -0.39 is 11.1 Å². The largest absolute Gasteiger partial charge is 0.285 e. The Hall–Kier alpha value is -0.670. The van der Waals surface area contributed by atoms with Gasteiger partial charge in [0, 0.05) is 0 Å². The van der Waals surface area contributed by atoms with Gasteiger partial charge in [0.25, 0.3) is 0 Å². The normalized spacial score (nSPS) is 21.9. The predicted octanol–water partition coefficient (Wildman–Crippen LogP) is 1.69. The fourth-order valence-corrected chi connectivity index (χ4v) is 2.19. The quantitative estimate of drug-likeness (QED) is 0.610. The highest BCUT2D eigenvalue weighted by atomic mass is 32.2. The van der Waals surface area contributed by atoms with Crippen LogP contribution in [0, 0.1) is 6.92 Å². The van der Waals surface area contributed by atoms with Crippen molar-refractivity contribution >= 4 is 11.1 Å². The summed E-state index contributed by atoms with van der Waals surface area (Å²) < 4.78 is 16.0. The Morgan fingerprint density at radius 3 is 3.08 bits per heavy atom. The number of benzene rings is 1. The first-order valence-corrected chi connectivity index (χ1v) is 5.10. The van der Waals surface area contributed by atoms with Gasteiger partial charge in [0.1, 0.15) is 0 Å². The first kappa shape index (κ1) is 7.95. The summed E-state index contributed by atoms with van der Waals surface area (Å²) in [4.78, 5) is 0. The van der Waals surface area contributed by atoms with E-state index in [4.69, 9.17) is 4.18 Å². The lowest BCUT2D eigenvalue weighted by Crippen LogP contribution is -2.10. The molecule has 1 aliphatic heterocycles. The number of aryl methyl sites for hydroxylation is 1. The van der Waals surface area contributed by atoms with Crippen molar-refractivity contribution in [1.29, 1.82) is 0 Å². The Balaban J connectivity index is 2.44. The molecule has 0 amide bonds. The standard InChI is InChI=1S/C9H10O2S/c1-7-2-3-8-5-11-12(10)6-9(8)4-7/h2-4H,5-6H2,1H3. The van der Waals surface area contributed by atoms with Gasteiger partial charge >= 0.3 is 0 Å². The summed E-state index contributed by atoms with van der Waals surface area (Å²) in [6.07, 6.45) is 0. The van der Waals surface area contributed by atoms with Crippen LogP contribution in [0.25, 0.3) is 0 Å². The van der Waals surface area contributed by atoms with Crippen LogP contribution in [0.15, 0.2) is 18.2 Å². The van der Waals surface area contributed by atoms with Gasteiger partial charge in [-0.3, -0.25) is 4.18 Å². The molecule has 1 aromatic carbocycles. The van der Waals surface area contributed by atoms with Crippen LogP contribution in [0.3, 0.4) is 0 Å². The highest BCUT2D eigenvalue weighted by Crippen LogP contribution is 2.20. The minimum Gasteiger partial charge on any atom is -0.285 e. The number of rotatable bonds is 0. The zero-order valence-electron chi connectivity index (χ0n) is 6.87. The van der Waals surface area contributed by atoms with E-state index in [1.54, 1.807) is 0 Å². The maximum absolute atomic E-state index is 11.0. The minimum absolute atomic E-state index is 0.488. The van der Waals surface area contributed by atoms with Gasteiger partial charge < -0.3 is 0 Å². The lowest BCUT2D eigenvalue weighted by Gasteiger charge is -2.15. The van der Waals surface area contributed by atoms with Gasteiger partial charge in [0.15, 0.2) is 11.1 Å². The number of hydrogen-bond acceptors (Lipinski definition) is 2. The van der Waals surface area contributed by atoms with Crippen LogP contribution >= 0.6 is 0 Å². The molecule has 0 aliphatic carbocycles. The molecule has 2 nitrogen and oxygen atoms in total. The van der Waals surface area contributed by atoms with Crippen molar-refractivity contribution in [3.8, 4) is 0 Å². The minimum atomic E-state index is -1.11. The second-order valence-corrected chi connectivity index (χ2v) is 4.11. The third-order valence-electron chi connectivity index (χ3n) is 1.98. The van der Waals surface area contributed by atoms with Crippen molar-refractivity contribution in [3.05, 3.63) is 34.9 Å². The fraction of sp³-hybridized carbons (Fsp3) is 0.333. The number of hydrogen-bond donors (Lipinski definition) is 0. The van der Waals surface area contributed by atoms with E-state index in [-0.39, 0.29) is 0 Å². The topological polar surface area (TPSA) is 26.3 Å². The van der Waals surface area contributed by atoms with Crippen molar-refractivity contribution in [2.75, 3.05) is 0 Å². The average molecular weight is 182 g/mol. The number of fused-ring (bicyclic) bond motifs is 1. The molecule has 0 spiro atoms. The third kappa shape index (κ3) is 1.42. The fourth-order valence-electron chi connectivity index (χ4n) is 1.33. The molecule has 0 aromatic heterocycles. The van der Waals surface area contributed by atoms with Gasteiger partial charge in [0.2, 0.25) is 0 Å². The van der Waals surface area contributed by atoms with E-state index in [2.05, 4.69) is 12.1 Å². The summed E-state index contributed by atoms with van der Waals surface area (Å²) in [5.74, 6) is 0.539. The molecule has 1 aromatic rings. The summed E-state index contributed by atoms with van der Waals surface area (Å²) in [5.41, 5.74) is 3.55. The van der Waals surface area contributed by atoms with E-state index in [1.165, 1.54) is 16.7 Å². The molecule has 1 heterocycles. The molecular formula is C9H10O2S. The van der Waals surface area contributed by atoms with Gasteiger partial charge in [-0.2, -0.15) is 0 Å². The van der Waals surface area contributed by atoms with Crippen LogP contribution in [0.1, 0.15) is 16.7 Å². The van der Waals surface area contributed by atoms with Gasteiger partial charge in [0.05, 0.1) is 12.4 Å².